The standard InChI is InChI=1S/C8H11N5OS/c1-3-12(4-2)7(14)6-11-13-5-9-10-8(13)15-6/h5H,3-4H2,1-2H3. The van der Waals surface area contributed by atoms with Crippen molar-refractivity contribution in [2.24, 2.45) is 0 Å². The Hall–Kier alpha value is -1.50. The number of fused-ring (bicyclic) bond motifs is 1. The molecule has 0 unspecified atom stereocenters. The van der Waals surface area contributed by atoms with E-state index in [-0.39, 0.29) is 5.91 Å². The van der Waals surface area contributed by atoms with Crippen LogP contribution in [0, 0.1) is 0 Å². The smallest absolute Gasteiger partial charge is 0.284 e. The summed E-state index contributed by atoms with van der Waals surface area (Å²) in [6.45, 7) is 5.27. The van der Waals surface area contributed by atoms with Gasteiger partial charge in [0, 0.05) is 13.1 Å². The molecule has 0 N–H and O–H groups in total. The molecule has 0 aromatic carbocycles. The Morgan fingerprint density at radius 3 is 2.87 bits per heavy atom. The minimum absolute atomic E-state index is 0.0458. The number of aromatic nitrogens is 4. The highest BCUT2D eigenvalue weighted by molar-refractivity contribution is 7.18. The maximum Gasteiger partial charge on any atom is 0.284 e. The van der Waals surface area contributed by atoms with E-state index >= 15 is 0 Å². The number of carbonyl (C=O) groups is 1. The molecule has 0 spiro atoms. The molecule has 15 heavy (non-hydrogen) atoms. The zero-order chi connectivity index (χ0) is 10.8. The lowest BCUT2D eigenvalue weighted by atomic mass is 10.5. The maximum absolute atomic E-state index is 11.9. The van der Waals surface area contributed by atoms with E-state index in [4.69, 9.17) is 0 Å². The molecule has 0 saturated heterocycles. The average Bonchev–Trinajstić information content (AvgIpc) is 2.78. The molecule has 0 aliphatic heterocycles. The lowest BCUT2D eigenvalue weighted by Crippen LogP contribution is -2.30. The van der Waals surface area contributed by atoms with Crippen molar-refractivity contribution in [2.75, 3.05) is 13.1 Å². The van der Waals surface area contributed by atoms with Crippen molar-refractivity contribution in [1.29, 1.82) is 0 Å². The maximum atomic E-state index is 11.9. The SMILES string of the molecule is CCN(CC)C(=O)c1nn2cnnc2s1. The van der Waals surface area contributed by atoms with Crippen LogP contribution in [-0.2, 0) is 0 Å². The topological polar surface area (TPSA) is 63.4 Å². The van der Waals surface area contributed by atoms with Crippen LogP contribution in [0.25, 0.3) is 4.96 Å². The van der Waals surface area contributed by atoms with Crippen molar-refractivity contribution in [3.8, 4) is 0 Å². The zero-order valence-electron chi connectivity index (χ0n) is 8.54. The monoisotopic (exact) mass is 225 g/mol. The largest absolute Gasteiger partial charge is 0.337 e. The normalized spacial score (nSPS) is 10.8. The molecular weight excluding hydrogens is 214 g/mol. The van der Waals surface area contributed by atoms with Gasteiger partial charge in [0.25, 0.3) is 5.91 Å². The highest BCUT2D eigenvalue weighted by Gasteiger charge is 2.17. The zero-order valence-corrected chi connectivity index (χ0v) is 9.36. The van der Waals surface area contributed by atoms with Gasteiger partial charge in [0.1, 0.15) is 6.33 Å². The summed E-state index contributed by atoms with van der Waals surface area (Å²) in [6.07, 6.45) is 1.49. The van der Waals surface area contributed by atoms with Gasteiger partial charge in [-0.1, -0.05) is 11.3 Å². The highest BCUT2D eigenvalue weighted by Crippen LogP contribution is 2.13. The van der Waals surface area contributed by atoms with Crippen LogP contribution in [0.1, 0.15) is 23.6 Å². The summed E-state index contributed by atoms with van der Waals surface area (Å²) in [5.41, 5.74) is 0. The van der Waals surface area contributed by atoms with Crippen LogP contribution in [0.4, 0.5) is 0 Å². The van der Waals surface area contributed by atoms with Gasteiger partial charge in [0.2, 0.25) is 9.97 Å². The second-order valence-electron chi connectivity index (χ2n) is 2.94. The summed E-state index contributed by atoms with van der Waals surface area (Å²) in [6, 6.07) is 0. The van der Waals surface area contributed by atoms with Crippen molar-refractivity contribution in [2.45, 2.75) is 13.8 Å². The van der Waals surface area contributed by atoms with Gasteiger partial charge < -0.3 is 4.90 Å². The Balaban J connectivity index is 2.30. The lowest BCUT2D eigenvalue weighted by molar-refractivity contribution is 0.0771. The third-order valence-electron chi connectivity index (χ3n) is 2.12. The molecule has 0 saturated carbocycles. The lowest BCUT2D eigenvalue weighted by Gasteiger charge is -2.16. The Kier molecular flexibility index (Phi) is 2.63. The first kappa shape index (κ1) is 10.0. The summed E-state index contributed by atoms with van der Waals surface area (Å²) < 4.78 is 1.52. The molecular formula is C8H11N5OS. The van der Waals surface area contributed by atoms with Gasteiger partial charge in [0.05, 0.1) is 0 Å². The van der Waals surface area contributed by atoms with Crippen LogP contribution < -0.4 is 0 Å². The van der Waals surface area contributed by atoms with Gasteiger partial charge in [-0.2, -0.15) is 4.52 Å². The van der Waals surface area contributed by atoms with Crippen molar-refractivity contribution in [1.82, 2.24) is 24.7 Å². The van der Waals surface area contributed by atoms with E-state index in [1.165, 1.54) is 22.2 Å². The van der Waals surface area contributed by atoms with Gasteiger partial charge in [-0.25, -0.2) is 0 Å². The minimum atomic E-state index is -0.0458. The molecule has 0 atom stereocenters. The predicted octanol–water partition coefficient (Wildman–Crippen LogP) is 0.668. The summed E-state index contributed by atoms with van der Waals surface area (Å²) in [5.74, 6) is -0.0458. The summed E-state index contributed by atoms with van der Waals surface area (Å²) in [4.78, 5) is 14.3. The van der Waals surface area contributed by atoms with Crippen molar-refractivity contribution in [3.63, 3.8) is 0 Å². The number of rotatable bonds is 3. The average molecular weight is 225 g/mol. The first-order chi connectivity index (χ1) is 7.26. The van der Waals surface area contributed by atoms with Gasteiger partial charge in [-0.3, -0.25) is 4.79 Å². The number of carbonyl (C=O) groups excluding carboxylic acids is 1. The number of hydrogen-bond acceptors (Lipinski definition) is 5. The quantitative estimate of drug-likeness (QED) is 0.770. The van der Waals surface area contributed by atoms with E-state index in [2.05, 4.69) is 15.3 Å². The molecule has 0 aliphatic rings. The molecule has 7 heteroatoms. The van der Waals surface area contributed by atoms with E-state index < -0.39 is 0 Å². The fourth-order valence-electron chi connectivity index (χ4n) is 1.29. The van der Waals surface area contributed by atoms with Crippen LogP contribution in [0.3, 0.4) is 0 Å². The molecule has 0 radical (unpaired) electrons. The summed E-state index contributed by atoms with van der Waals surface area (Å²) >= 11 is 1.26. The second-order valence-corrected chi connectivity index (χ2v) is 3.90. The minimum Gasteiger partial charge on any atom is -0.337 e. The fraction of sp³-hybridized carbons (Fsp3) is 0.500. The molecule has 2 heterocycles. The highest BCUT2D eigenvalue weighted by atomic mass is 32.1. The molecule has 0 bridgehead atoms. The van der Waals surface area contributed by atoms with E-state index in [9.17, 15) is 4.79 Å². The Bertz CT molecular complexity index is 444. The molecule has 0 aliphatic carbocycles. The molecule has 2 rings (SSSR count). The molecule has 0 fully saturated rings. The third kappa shape index (κ3) is 1.70. The van der Waals surface area contributed by atoms with E-state index in [1.807, 2.05) is 13.8 Å². The molecule has 2 aromatic heterocycles. The number of hydrogen-bond donors (Lipinski definition) is 0. The van der Waals surface area contributed by atoms with Crippen LogP contribution >= 0.6 is 11.3 Å². The predicted molar refractivity (Wildman–Crippen MR) is 55.9 cm³/mol. The van der Waals surface area contributed by atoms with Crippen LogP contribution in [0.5, 0.6) is 0 Å². The van der Waals surface area contributed by atoms with E-state index in [0.29, 0.717) is 23.1 Å². The number of nitrogens with zero attached hydrogens (tertiary/aromatic N) is 5. The van der Waals surface area contributed by atoms with Crippen molar-refractivity contribution in [3.05, 3.63) is 11.3 Å². The Morgan fingerprint density at radius 1 is 1.53 bits per heavy atom. The van der Waals surface area contributed by atoms with Crippen molar-refractivity contribution < 1.29 is 4.79 Å². The molecule has 6 nitrogen and oxygen atoms in total. The fourth-order valence-corrected chi connectivity index (χ4v) is 2.08. The molecule has 80 valence electrons. The first-order valence-corrected chi connectivity index (χ1v) is 5.54. The summed E-state index contributed by atoms with van der Waals surface area (Å²) in [7, 11) is 0. The van der Waals surface area contributed by atoms with Gasteiger partial charge in [-0.05, 0) is 13.8 Å². The van der Waals surface area contributed by atoms with Crippen molar-refractivity contribution >= 4 is 22.2 Å². The van der Waals surface area contributed by atoms with Gasteiger partial charge in [0.15, 0.2) is 0 Å². The van der Waals surface area contributed by atoms with Gasteiger partial charge in [-0.15, -0.1) is 15.3 Å². The number of amides is 1. The van der Waals surface area contributed by atoms with E-state index in [0.717, 1.165) is 0 Å². The van der Waals surface area contributed by atoms with E-state index in [1.54, 1.807) is 4.90 Å². The Labute approximate surface area is 90.5 Å². The third-order valence-corrected chi connectivity index (χ3v) is 3.02. The molecule has 2 aromatic rings. The molecule has 1 amide bonds. The Morgan fingerprint density at radius 2 is 2.27 bits per heavy atom. The summed E-state index contributed by atoms with van der Waals surface area (Å²) in [5, 5.41) is 12.1. The van der Waals surface area contributed by atoms with Crippen LogP contribution in [0.15, 0.2) is 6.33 Å². The first-order valence-electron chi connectivity index (χ1n) is 4.72. The van der Waals surface area contributed by atoms with Crippen LogP contribution in [-0.4, -0.2) is 43.7 Å². The van der Waals surface area contributed by atoms with Crippen LogP contribution in [0.2, 0.25) is 0 Å². The second kappa shape index (κ2) is 3.93. The van der Waals surface area contributed by atoms with Gasteiger partial charge >= 0.3 is 0 Å².